The highest BCUT2D eigenvalue weighted by Crippen LogP contribution is 2.28. The Kier molecular flexibility index (Phi) is 3.88. The van der Waals surface area contributed by atoms with Crippen molar-refractivity contribution in [2.45, 2.75) is 39.2 Å². The van der Waals surface area contributed by atoms with Gasteiger partial charge in [-0.2, -0.15) is 0 Å². The predicted molar refractivity (Wildman–Crippen MR) is 82.5 cm³/mol. The molecule has 2 N–H and O–H groups in total. The first-order valence-corrected chi connectivity index (χ1v) is 7.59. The van der Waals surface area contributed by atoms with E-state index in [4.69, 9.17) is 4.98 Å². The van der Waals surface area contributed by atoms with Crippen molar-refractivity contribution in [3.63, 3.8) is 0 Å². The van der Waals surface area contributed by atoms with Crippen LogP contribution in [0.2, 0.25) is 0 Å². The van der Waals surface area contributed by atoms with Crippen molar-refractivity contribution >= 4 is 0 Å². The van der Waals surface area contributed by atoms with E-state index in [-0.39, 0.29) is 0 Å². The minimum absolute atomic E-state index is 0.454. The van der Waals surface area contributed by atoms with Gasteiger partial charge in [-0.05, 0) is 31.2 Å². The van der Waals surface area contributed by atoms with Crippen molar-refractivity contribution in [3.05, 3.63) is 41.9 Å². The van der Waals surface area contributed by atoms with E-state index in [1.165, 1.54) is 24.1 Å². The molecule has 1 heterocycles. The zero-order valence-corrected chi connectivity index (χ0v) is 12.3. The standard InChI is InChI=1S/C17H23N3/c1-12(2)16-17(14-6-4-3-5-7-14)20-15(19-16)11-18-10-13-8-9-13/h3-7,12-13,18H,8-11H2,1-2H3,(H,19,20). The van der Waals surface area contributed by atoms with Crippen LogP contribution >= 0.6 is 0 Å². The van der Waals surface area contributed by atoms with Crippen molar-refractivity contribution < 1.29 is 0 Å². The number of H-pyrrole nitrogens is 1. The summed E-state index contributed by atoms with van der Waals surface area (Å²) in [6.07, 6.45) is 2.77. The predicted octanol–water partition coefficient (Wildman–Crippen LogP) is 3.70. The van der Waals surface area contributed by atoms with Crippen LogP contribution in [0.1, 0.15) is 44.1 Å². The smallest absolute Gasteiger partial charge is 0.121 e. The van der Waals surface area contributed by atoms with Crippen LogP contribution in [0.3, 0.4) is 0 Å². The fourth-order valence-electron chi connectivity index (χ4n) is 2.47. The van der Waals surface area contributed by atoms with E-state index in [0.717, 1.165) is 30.5 Å². The van der Waals surface area contributed by atoms with Gasteiger partial charge in [-0.15, -0.1) is 0 Å². The molecule has 1 saturated carbocycles. The van der Waals surface area contributed by atoms with Gasteiger partial charge in [0.05, 0.1) is 12.2 Å². The number of hydrogen-bond acceptors (Lipinski definition) is 2. The van der Waals surface area contributed by atoms with Gasteiger partial charge in [0.15, 0.2) is 0 Å². The third-order valence-electron chi connectivity index (χ3n) is 3.83. The second-order valence-corrected chi connectivity index (χ2v) is 6.04. The first-order valence-electron chi connectivity index (χ1n) is 7.59. The minimum Gasteiger partial charge on any atom is -0.344 e. The van der Waals surface area contributed by atoms with E-state index >= 15 is 0 Å². The van der Waals surface area contributed by atoms with Crippen LogP contribution in [0, 0.1) is 5.92 Å². The molecule has 0 unspecified atom stereocenters. The Hall–Kier alpha value is -1.61. The summed E-state index contributed by atoms with van der Waals surface area (Å²) in [5, 5.41) is 3.50. The molecule has 0 bridgehead atoms. The SMILES string of the molecule is CC(C)c1[nH]c(CNCC2CC2)nc1-c1ccccc1. The highest BCUT2D eigenvalue weighted by atomic mass is 15.0. The van der Waals surface area contributed by atoms with E-state index < -0.39 is 0 Å². The van der Waals surface area contributed by atoms with Crippen molar-refractivity contribution in [2.24, 2.45) is 5.92 Å². The Labute approximate surface area is 120 Å². The summed E-state index contributed by atoms with van der Waals surface area (Å²) in [5.74, 6) is 2.41. The van der Waals surface area contributed by atoms with Gasteiger partial charge in [0.1, 0.15) is 5.82 Å². The summed E-state index contributed by atoms with van der Waals surface area (Å²) in [5.41, 5.74) is 3.53. The first kappa shape index (κ1) is 13.4. The van der Waals surface area contributed by atoms with Crippen molar-refractivity contribution in [3.8, 4) is 11.3 Å². The number of hydrogen-bond donors (Lipinski definition) is 2. The lowest BCUT2D eigenvalue weighted by molar-refractivity contribution is 0.621. The van der Waals surface area contributed by atoms with E-state index in [9.17, 15) is 0 Å². The Bertz CT molecular complexity index is 553. The molecule has 0 atom stereocenters. The van der Waals surface area contributed by atoms with Crippen LogP contribution in [0.4, 0.5) is 0 Å². The van der Waals surface area contributed by atoms with Crippen LogP contribution in [0.5, 0.6) is 0 Å². The molecule has 0 amide bonds. The maximum atomic E-state index is 4.80. The Balaban J connectivity index is 1.78. The Morgan fingerprint density at radius 1 is 1.25 bits per heavy atom. The average molecular weight is 269 g/mol. The summed E-state index contributed by atoms with van der Waals surface area (Å²) >= 11 is 0. The molecule has 0 aliphatic heterocycles. The highest BCUT2D eigenvalue weighted by molar-refractivity contribution is 5.62. The minimum atomic E-state index is 0.454. The molecule has 0 radical (unpaired) electrons. The maximum absolute atomic E-state index is 4.80. The van der Waals surface area contributed by atoms with E-state index in [1.54, 1.807) is 0 Å². The van der Waals surface area contributed by atoms with Crippen LogP contribution in [-0.4, -0.2) is 16.5 Å². The first-order chi connectivity index (χ1) is 9.74. The fraction of sp³-hybridized carbons (Fsp3) is 0.471. The molecule has 2 aromatic rings. The molecular formula is C17H23N3. The Morgan fingerprint density at radius 2 is 2.00 bits per heavy atom. The average Bonchev–Trinajstić information content (AvgIpc) is 3.17. The molecule has 3 nitrogen and oxygen atoms in total. The third-order valence-corrected chi connectivity index (χ3v) is 3.83. The van der Waals surface area contributed by atoms with Crippen molar-refractivity contribution in [1.82, 2.24) is 15.3 Å². The molecular weight excluding hydrogens is 246 g/mol. The number of benzene rings is 1. The van der Waals surface area contributed by atoms with E-state index in [1.807, 2.05) is 6.07 Å². The maximum Gasteiger partial charge on any atom is 0.121 e. The monoisotopic (exact) mass is 269 g/mol. The summed E-state index contributed by atoms with van der Waals surface area (Å²) in [7, 11) is 0. The quantitative estimate of drug-likeness (QED) is 0.839. The van der Waals surface area contributed by atoms with Crippen molar-refractivity contribution in [2.75, 3.05) is 6.54 Å². The molecule has 1 fully saturated rings. The Morgan fingerprint density at radius 3 is 2.65 bits per heavy atom. The molecule has 20 heavy (non-hydrogen) atoms. The number of aromatic nitrogens is 2. The normalized spacial score (nSPS) is 14.9. The number of nitrogens with zero attached hydrogens (tertiary/aromatic N) is 1. The molecule has 0 spiro atoms. The lowest BCUT2D eigenvalue weighted by Gasteiger charge is -2.05. The summed E-state index contributed by atoms with van der Waals surface area (Å²) < 4.78 is 0. The molecule has 3 heteroatoms. The molecule has 106 valence electrons. The van der Waals surface area contributed by atoms with Crippen LogP contribution in [-0.2, 0) is 6.54 Å². The number of rotatable bonds is 6. The molecule has 0 saturated heterocycles. The van der Waals surface area contributed by atoms with Gasteiger partial charge in [0, 0.05) is 11.3 Å². The van der Waals surface area contributed by atoms with Crippen molar-refractivity contribution in [1.29, 1.82) is 0 Å². The molecule has 1 aromatic heterocycles. The number of aromatic amines is 1. The zero-order chi connectivity index (χ0) is 13.9. The van der Waals surface area contributed by atoms with E-state index in [0.29, 0.717) is 5.92 Å². The van der Waals surface area contributed by atoms with Gasteiger partial charge < -0.3 is 10.3 Å². The second-order valence-electron chi connectivity index (χ2n) is 6.04. The number of nitrogens with one attached hydrogen (secondary N) is 2. The summed E-state index contributed by atoms with van der Waals surface area (Å²) in [6.45, 7) is 6.38. The third kappa shape index (κ3) is 3.10. The van der Waals surface area contributed by atoms with Crippen LogP contribution < -0.4 is 5.32 Å². The van der Waals surface area contributed by atoms with Crippen LogP contribution in [0.25, 0.3) is 11.3 Å². The summed E-state index contributed by atoms with van der Waals surface area (Å²) in [4.78, 5) is 8.30. The highest BCUT2D eigenvalue weighted by Gasteiger charge is 2.20. The van der Waals surface area contributed by atoms with Gasteiger partial charge in [-0.25, -0.2) is 4.98 Å². The fourth-order valence-corrected chi connectivity index (χ4v) is 2.47. The molecule has 1 aliphatic rings. The van der Waals surface area contributed by atoms with Gasteiger partial charge in [0.25, 0.3) is 0 Å². The van der Waals surface area contributed by atoms with Gasteiger partial charge >= 0.3 is 0 Å². The molecule has 1 aromatic carbocycles. The second kappa shape index (κ2) is 5.80. The van der Waals surface area contributed by atoms with Gasteiger partial charge in [-0.3, -0.25) is 0 Å². The molecule has 3 rings (SSSR count). The zero-order valence-electron chi connectivity index (χ0n) is 12.3. The largest absolute Gasteiger partial charge is 0.344 e. The lowest BCUT2D eigenvalue weighted by Crippen LogP contribution is -2.17. The topological polar surface area (TPSA) is 40.7 Å². The molecule has 1 aliphatic carbocycles. The lowest BCUT2D eigenvalue weighted by atomic mass is 10.0. The van der Waals surface area contributed by atoms with Gasteiger partial charge in [0.2, 0.25) is 0 Å². The summed E-state index contributed by atoms with van der Waals surface area (Å²) in [6, 6.07) is 10.4. The van der Waals surface area contributed by atoms with E-state index in [2.05, 4.69) is 48.4 Å². The van der Waals surface area contributed by atoms with Gasteiger partial charge in [-0.1, -0.05) is 44.2 Å². The van der Waals surface area contributed by atoms with Crippen LogP contribution in [0.15, 0.2) is 30.3 Å². The number of imidazole rings is 1.